The largest absolute Gasteiger partial charge is 0.497 e. The average Bonchev–Trinajstić information content (AvgIpc) is 3.48. The van der Waals surface area contributed by atoms with Crippen LogP contribution < -0.4 is 15.0 Å². The van der Waals surface area contributed by atoms with Crippen LogP contribution in [-0.2, 0) is 9.59 Å². The number of nitrogens with one attached hydrogen (secondary N) is 1. The number of benzene rings is 2. The number of ether oxygens (including phenoxy) is 1. The zero-order chi connectivity index (χ0) is 22.2. The van der Waals surface area contributed by atoms with E-state index >= 15 is 0 Å². The molecule has 2 aromatic carbocycles. The number of halogens is 1. The smallest absolute Gasteiger partial charge is 0.250 e. The maximum absolute atomic E-state index is 12.8. The standard InChI is InChI=1S/C22H18ClN5O3S/c1-31-17-4-2-3-13(9-17)18-12-32-22-25-21(26-28(18)22)24-20(30)14-10-19(29)27(11-14)16-7-5-15(23)6-8-16/h2-9,12,14H,10-11H2,1H3,(H,24,26,30). The first-order chi connectivity index (χ1) is 15.5. The molecule has 0 saturated carbocycles. The average molecular weight is 468 g/mol. The highest BCUT2D eigenvalue weighted by Crippen LogP contribution is 2.29. The molecule has 32 heavy (non-hydrogen) atoms. The van der Waals surface area contributed by atoms with Crippen molar-refractivity contribution in [1.29, 1.82) is 0 Å². The van der Waals surface area contributed by atoms with E-state index in [4.69, 9.17) is 16.3 Å². The van der Waals surface area contributed by atoms with Crippen molar-refractivity contribution in [2.75, 3.05) is 23.9 Å². The molecular formula is C22H18ClN5O3S. The van der Waals surface area contributed by atoms with E-state index in [1.54, 1.807) is 40.8 Å². The molecule has 1 fully saturated rings. The fourth-order valence-electron chi connectivity index (χ4n) is 3.68. The molecule has 2 amide bonds. The van der Waals surface area contributed by atoms with E-state index in [9.17, 15) is 9.59 Å². The van der Waals surface area contributed by atoms with Gasteiger partial charge in [0.25, 0.3) is 0 Å². The topological polar surface area (TPSA) is 88.8 Å². The molecule has 2 aromatic heterocycles. The molecule has 1 aliphatic rings. The maximum atomic E-state index is 12.8. The second kappa shape index (κ2) is 8.25. The normalized spacial score (nSPS) is 16.0. The van der Waals surface area contributed by atoms with Crippen LogP contribution in [-0.4, -0.2) is 40.1 Å². The van der Waals surface area contributed by atoms with Gasteiger partial charge in [-0.15, -0.1) is 16.4 Å². The van der Waals surface area contributed by atoms with Gasteiger partial charge in [0.05, 0.1) is 18.7 Å². The molecule has 1 saturated heterocycles. The lowest BCUT2D eigenvalue weighted by Crippen LogP contribution is -2.28. The van der Waals surface area contributed by atoms with Gasteiger partial charge in [0.15, 0.2) is 0 Å². The Balaban J connectivity index is 1.32. The van der Waals surface area contributed by atoms with E-state index < -0.39 is 5.92 Å². The van der Waals surface area contributed by atoms with Crippen LogP contribution in [0.1, 0.15) is 6.42 Å². The molecule has 1 N–H and O–H groups in total. The van der Waals surface area contributed by atoms with Gasteiger partial charge in [0, 0.05) is 34.6 Å². The van der Waals surface area contributed by atoms with Crippen molar-refractivity contribution in [3.05, 3.63) is 58.9 Å². The van der Waals surface area contributed by atoms with Crippen LogP contribution in [0.3, 0.4) is 0 Å². The van der Waals surface area contributed by atoms with E-state index in [1.165, 1.54) is 11.3 Å². The molecule has 0 radical (unpaired) electrons. The Bertz CT molecular complexity index is 1320. The van der Waals surface area contributed by atoms with E-state index in [0.717, 1.165) is 22.7 Å². The molecule has 8 nitrogen and oxygen atoms in total. The highest BCUT2D eigenvalue weighted by atomic mass is 35.5. The van der Waals surface area contributed by atoms with Crippen molar-refractivity contribution >= 4 is 51.3 Å². The van der Waals surface area contributed by atoms with Crippen molar-refractivity contribution in [2.24, 2.45) is 5.92 Å². The van der Waals surface area contributed by atoms with E-state index in [2.05, 4.69) is 15.4 Å². The number of rotatable bonds is 5. The number of anilines is 2. The molecule has 162 valence electrons. The number of fused-ring (bicyclic) bond motifs is 1. The highest BCUT2D eigenvalue weighted by Gasteiger charge is 2.35. The number of amides is 2. The summed E-state index contributed by atoms with van der Waals surface area (Å²) < 4.78 is 6.99. The van der Waals surface area contributed by atoms with Crippen LogP contribution in [0, 0.1) is 5.92 Å². The number of hydrogen-bond donors (Lipinski definition) is 1. The van der Waals surface area contributed by atoms with Crippen molar-refractivity contribution in [2.45, 2.75) is 6.42 Å². The molecule has 0 aliphatic carbocycles. The lowest BCUT2D eigenvalue weighted by Gasteiger charge is -2.16. The Morgan fingerprint density at radius 1 is 1.25 bits per heavy atom. The van der Waals surface area contributed by atoms with E-state index in [-0.39, 0.29) is 24.2 Å². The molecular weight excluding hydrogens is 450 g/mol. The van der Waals surface area contributed by atoms with Gasteiger partial charge >= 0.3 is 0 Å². The monoisotopic (exact) mass is 467 g/mol. The van der Waals surface area contributed by atoms with Crippen molar-refractivity contribution in [3.63, 3.8) is 0 Å². The number of carbonyl (C=O) groups is 2. The number of methoxy groups -OCH3 is 1. The first-order valence-electron chi connectivity index (χ1n) is 9.87. The summed E-state index contributed by atoms with van der Waals surface area (Å²) in [7, 11) is 1.62. The lowest BCUT2D eigenvalue weighted by molar-refractivity contribution is -0.122. The molecule has 1 atom stereocenters. The van der Waals surface area contributed by atoms with Crippen LogP contribution in [0.25, 0.3) is 16.2 Å². The fraction of sp³-hybridized carbons (Fsp3) is 0.182. The summed E-state index contributed by atoms with van der Waals surface area (Å²) in [5, 5.41) is 9.76. The van der Waals surface area contributed by atoms with Crippen molar-refractivity contribution in [1.82, 2.24) is 14.6 Å². The molecule has 0 spiro atoms. The van der Waals surface area contributed by atoms with Crippen molar-refractivity contribution in [3.8, 4) is 17.0 Å². The van der Waals surface area contributed by atoms with Gasteiger partial charge in [0.1, 0.15) is 5.75 Å². The van der Waals surface area contributed by atoms with Crippen LogP contribution in [0.4, 0.5) is 11.6 Å². The second-order valence-corrected chi connectivity index (χ2v) is 8.63. The number of aromatic nitrogens is 3. The molecule has 0 bridgehead atoms. The third-order valence-corrected chi connectivity index (χ3v) is 6.38. The first-order valence-corrected chi connectivity index (χ1v) is 11.1. The number of thiazole rings is 1. The zero-order valence-electron chi connectivity index (χ0n) is 17.0. The van der Waals surface area contributed by atoms with Crippen LogP contribution in [0.15, 0.2) is 53.9 Å². The Kier molecular flexibility index (Phi) is 5.28. The third-order valence-electron chi connectivity index (χ3n) is 5.32. The lowest BCUT2D eigenvalue weighted by atomic mass is 10.1. The highest BCUT2D eigenvalue weighted by molar-refractivity contribution is 7.15. The van der Waals surface area contributed by atoms with Gasteiger partial charge < -0.3 is 9.64 Å². The fourth-order valence-corrected chi connectivity index (χ4v) is 4.64. The van der Waals surface area contributed by atoms with Gasteiger partial charge in [0.2, 0.25) is 22.7 Å². The minimum atomic E-state index is -0.488. The molecule has 10 heteroatoms. The third kappa shape index (κ3) is 3.80. The quantitative estimate of drug-likeness (QED) is 0.477. The van der Waals surface area contributed by atoms with Gasteiger partial charge in [-0.1, -0.05) is 23.7 Å². The van der Waals surface area contributed by atoms with Crippen LogP contribution >= 0.6 is 22.9 Å². The maximum Gasteiger partial charge on any atom is 0.250 e. The molecule has 1 aliphatic heterocycles. The SMILES string of the molecule is COc1cccc(-c2csc3nc(NC(=O)C4CC(=O)N(c5ccc(Cl)cc5)C4)nn23)c1. The summed E-state index contributed by atoms with van der Waals surface area (Å²) in [5.41, 5.74) is 2.50. The molecule has 5 rings (SSSR count). The molecule has 4 aromatic rings. The summed E-state index contributed by atoms with van der Waals surface area (Å²) >= 11 is 7.35. The predicted octanol–water partition coefficient (Wildman–Crippen LogP) is 4.11. The minimum Gasteiger partial charge on any atom is -0.497 e. The van der Waals surface area contributed by atoms with E-state index in [0.29, 0.717) is 16.5 Å². The van der Waals surface area contributed by atoms with Gasteiger partial charge in [-0.05, 0) is 36.4 Å². The van der Waals surface area contributed by atoms with Crippen LogP contribution in [0.2, 0.25) is 5.02 Å². The number of hydrogen-bond acceptors (Lipinski definition) is 6. The van der Waals surface area contributed by atoms with Gasteiger partial charge in [-0.3, -0.25) is 14.9 Å². The summed E-state index contributed by atoms with van der Waals surface area (Å²) in [6.07, 6.45) is 0.131. The Labute approximate surface area is 192 Å². The molecule has 1 unspecified atom stereocenters. The summed E-state index contributed by atoms with van der Waals surface area (Å²) in [6, 6.07) is 14.6. The van der Waals surface area contributed by atoms with Crippen LogP contribution in [0.5, 0.6) is 5.75 Å². The van der Waals surface area contributed by atoms with E-state index in [1.807, 2.05) is 29.6 Å². The summed E-state index contributed by atoms with van der Waals surface area (Å²) in [4.78, 5) is 31.9. The zero-order valence-corrected chi connectivity index (χ0v) is 18.6. The Morgan fingerprint density at radius 3 is 2.84 bits per heavy atom. The Hall–Kier alpha value is -3.43. The second-order valence-electron chi connectivity index (χ2n) is 7.35. The predicted molar refractivity (Wildman–Crippen MR) is 123 cm³/mol. The number of nitrogens with zero attached hydrogens (tertiary/aromatic N) is 4. The minimum absolute atomic E-state index is 0.105. The summed E-state index contributed by atoms with van der Waals surface area (Å²) in [6.45, 7) is 0.295. The number of carbonyl (C=O) groups excluding carboxylic acids is 2. The summed E-state index contributed by atoms with van der Waals surface area (Å²) in [5.74, 6) is 0.0788. The van der Waals surface area contributed by atoms with Gasteiger partial charge in [-0.2, -0.15) is 4.98 Å². The first kappa shape index (κ1) is 20.5. The van der Waals surface area contributed by atoms with Gasteiger partial charge in [-0.25, -0.2) is 4.52 Å². The van der Waals surface area contributed by atoms with Crippen molar-refractivity contribution < 1.29 is 14.3 Å². The molecule has 3 heterocycles. The Morgan fingerprint density at radius 2 is 2.06 bits per heavy atom.